The Balaban J connectivity index is 2.86. The molecule has 0 bridgehead atoms. The number of carboxylic acid groups (broad SMARTS) is 1. The number of hydrogen-bond donors (Lipinski definition) is 2. The van der Waals surface area contributed by atoms with Crippen molar-refractivity contribution in [3.63, 3.8) is 0 Å². The van der Waals surface area contributed by atoms with E-state index in [1.807, 2.05) is 6.92 Å². The summed E-state index contributed by atoms with van der Waals surface area (Å²) >= 11 is 0. The minimum Gasteiger partial charge on any atom is -0.480 e. The molecular formula is C12H16N2O3. The van der Waals surface area contributed by atoms with E-state index in [2.05, 4.69) is 10.3 Å². The van der Waals surface area contributed by atoms with Gasteiger partial charge in [-0.2, -0.15) is 0 Å². The lowest BCUT2D eigenvalue weighted by Crippen LogP contribution is -2.40. The molecule has 0 saturated carbocycles. The summed E-state index contributed by atoms with van der Waals surface area (Å²) in [5, 5.41) is 11.3. The molecule has 0 fully saturated rings. The Morgan fingerprint density at radius 1 is 1.41 bits per heavy atom. The summed E-state index contributed by atoms with van der Waals surface area (Å²) in [4.78, 5) is 26.8. The van der Waals surface area contributed by atoms with Crippen LogP contribution < -0.4 is 5.32 Å². The molecule has 1 atom stereocenters. The fraction of sp³-hybridized carbons (Fsp3) is 0.417. The Bertz CT molecular complexity index is 443. The van der Waals surface area contributed by atoms with Crippen molar-refractivity contribution in [2.75, 3.05) is 0 Å². The molecule has 1 rings (SSSR count). The lowest BCUT2D eigenvalue weighted by molar-refractivity contribution is -0.139. The molecule has 1 aromatic heterocycles. The Morgan fingerprint density at radius 2 is 2.06 bits per heavy atom. The minimum atomic E-state index is -1.03. The van der Waals surface area contributed by atoms with E-state index in [1.54, 1.807) is 26.0 Å². The van der Waals surface area contributed by atoms with Gasteiger partial charge in [-0.1, -0.05) is 6.92 Å². The molecule has 5 nitrogen and oxygen atoms in total. The average Bonchev–Trinajstić information content (AvgIpc) is 2.24. The number of nitrogens with one attached hydrogen (secondary N) is 1. The third-order valence-electron chi connectivity index (χ3n) is 2.48. The van der Waals surface area contributed by atoms with Gasteiger partial charge >= 0.3 is 5.97 Å². The van der Waals surface area contributed by atoms with E-state index in [4.69, 9.17) is 5.11 Å². The van der Waals surface area contributed by atoms with Crippen LogP contribution >= 0.6 is 0 Å². The van der Waals surface area contributed by atoms with Crippen molar-refractivity contribution in [3.05, 3.63) is 29.1 Å². The topological polar surface area (TPSA) is 79.3 Å². The number of carbonyl (C=O) groups is 2. The average molecular weight is 236 g/mol. The van der Waals surface area contributed by atoms with Gasteiger partial charge < -0.3 is 10.4 Å². The first kappa shape index (κ1) is 13.2. The molecule has 92 valence electrons. The first-order chi connectivity index (χ1) is 7.95. The number of nitrogens with zero attached hydrogens (tertiary/aromatic N) is 1. The Hall–Kier alpha value is -1.91. The fourth-order valence-corrected chi connectivity index (χ4v) is 1.50. The molecule has 0 radical (unpaired) electrons. The predicted molar refractivity (Wildman–Crippen MR) is 62.9 cm³/mol. The first-order valence-electron chi connectivity index (χ1n) is 5.43. The predicted octanol–water partition coefficient (Wildman–Crippen LogP) is 1.29. The highest BCUT2D eigenvalue weighted by molar-refractivity contribution is 5.97. The number of rotatable bonds is 4. The zero-order valence-corrected chi connectivity index (χ0v) is 10.2. The van der Waals surface area contributed by atoms with Gasteiger partial charge in [0, 0.05) is 5.69 Å². The lowest BCUT2D eigenvalue weighted by atomic mass is 10.1. The lowest BCUT2D eigenvalue weighted by Gasteiger charge is -2.13. The van der Waals surface area contributed by atoms with E-state index in [1.165, 1.54) is 0 Å². The van der Waals surface area contributed by atoms with Crippen molar-refractivity contribution in [1.82, 2.24) is 10.3 Å². The van der Waals surface area contributed by atoms with E-state index in [-0.39, 0.29) is 0 Å². The highest BCUT2D eigenvalue weighted by Crippen LogP contribution is 2.07. The van der Waals surface area contributed by atoms with Crippen molar-refractivity contribution >= 4 is 11.9 Å². The van der Waals surface area contributed by atoms with Crippen molar-refractivity contribution in [2.24, 2.45) is 0 Å². The number of aliphatic carboxylic acids is 1. The normalized spacial score (nSPS) is 11.9. The summed E-state index contributed by atoms with van der Waals surface area (Å²) in [5.41, 5.74) is 1.84. The smallest absolute Gasteiger partial charge is 0.326 e. The van der Waals surface area contributed by atoms with Crippen LogP contribution in [-0.4, -0.2) is 28.0 Å². The number of aryl methyl sites for hydroxylation is 2. The van der Waals surface area contributed by atoms with Crippen LogP contribution in [0, 0.1) is 13.8 Å². The summed E-state index contributed by atoms with van der Waals surface area (Å²) in [6, 6.07) is 2.52. The zero-order valence-electron chi connectivity index (χ0n) is 10.2. The molecule has 2 N–H and O–H groups in total. The van der Waals surface area contributed by atoms with Gasteiger partial charge in [0.1, 0.15) is 6.04 Å². The molecule has 0 spiro atoms. The van der Waals surface area contributed by atoms with E-state index >= 15 is 0 Å². The van der Waals surface area contributed by atoms with E-state index < -0.39 is 17.9 Å². The van der Waals surface area contributed by atoms with E-state index in [0.717, 1.165) is 5.69 Å². The molecule has 1 aromatic rings. The van der Waals surface area contributed by atoms with Crippen molar-refractivity contribution in [1.29, 1.82) is 0 Å². The van der Waals surface area contributed by atoms with Gasteiger partial charge in [0.2, 0.25) is 0 Å². The van der Waals surface area contributed by atoms with Crippen molar-refractivity contribution in [2.45, 2.75) is 33.2 Å². The maximum absolute atomic E-state index is 11.8. The standard InChI is InChI=1S/C12H16N2O3/c1-4-10(12(16)17)14-11(15)9-6-5-7(2)13-8(9)3/h5-6,10H,4H2,1-3H3,(H,14,15)(H,16,17). The molecule has 1 amide bonds. The van der Waals surface area contributed by atoms with Crippen LogP contribution in [0.2, 0.25) is 0 Å². The summed E-state index contributed by atoms with van der Waals surface area (Å²) in [5.74, 6) is -1.43. The van der Waals surface area contributed by atoms with Gasteiger partial charge in [-0.15, -0.1) is 0 Å². The molecule has 5 heteroatoms. The number of carboxylic acids is 1. The largest absolute Gasteiger partial charge is 0.480 e. The number of pyridine rings is 1. The minimum absolute atomic E-state index is 0.347. The number of amides is 1. The second-order valence-electron chi connectivity index (χ2n) is 3.86. The molecule has 17 heavy (non-hydrogen) atoms. The second kappa shape index (κ2) is 5.43. The van der Waals surface area contributed by atoms with Crippen LogP contribution in [0.4, 0.5) is 0 Å². The van der Waals surface area contributed by atoms with Gasteiger partial charge in [-0.25, -0.2) is 4.79 Å². The molecule has 0 aromatic carbocycles. The number of carbonyl (C=O) groups excluding carboxylic acids is 1. The quantitative estimate of drug-likeness (QED) is 0.825. The van der Waals surface area contributed by atoms with Crippen LogP contribution in [0.1, 0.15) is 35.1 Å². The molecule has 0 saturated heterocycles. The van der Waals surface area contributed by atoms with Gasteiger partial charge in [-0.05, 0) is 32.4 Å². The van der Waals surface area contributed by atoms with Crippen LogP contribution in [0.3, 0.4) is 0 Å². The molecular weight excluding hydrogens is 220 g/mol. The van der Waals surface area contributed by atoms with Gasteiger partial charge in [0.15, 0.2) is 0 Å². The monoisotopic (exact) mass is 236 g/mol. The van der Waals surface area contributed by atoms with Crippen molar-refractivity contribution < 1.29 is 14.7 Å². The van der Waals surface area contributed by atoms with Crippen LogP contribution in [0.15, 0.2) is 12.1 Å². The van der Waals surface area contributed by atoms with E-state index in [0.29, 0.717) is 17.7 Å². The van der Waals surface area contributed by atoms with Gasteiger partial charge in [0.05, 0.1) is 11.3 Å². The third-order valence-corrected chi connectivity index (χ3v) is 2.48. The fourth-order valence-electron chi connectivity index (χ4n) is 1.50. The molecule has 0 aliphatic heterocycles. The number of aromatic nitrogens is 1. The van der Waals surface area contributed by atoms with Crippen molar-refractivity contribution in [3.8, 4) is 0 Å². The maximum atomic E-state index is 11.8. The highest BCUT2D eigenvalue weighted by Gasteiger charge is 2.19. The highest BCUT2D eigenvalue weighted by atomic mass is 16.4. The first-order valence-corrected chi connectivity index (χ1v) is 5.43. The molecule has 0 aliphatic rings. The summed E-state index contributed by atoms with van der Waals surface area (Å²) in [7, 11) is 0. The number of hydrogen-bond acceptors (Lipinski definition) is 3. The Labute approximate surface area is 99.9 Å². The molecule has 1 heterocycles. The third kappa shape index (κ3) is 3.27. The molecule has 0 aliphatic carbocycles. The van der Waals surface area contributed by atoms with Gasteiger partial charge in [0.25, 0.3) is 5.91 Å². The van der Waals surface area contributed by atoms with Crippen LogP contribution in [-0.2, 0) is 4.79 Å². The van der Waals surface area contributed by atoms with Crippen LogP contribution in [0.5, 0.6) is 0 Å². The van der Waals surface area contributed by atoms with Gasteiger partial charge in [-0.3, -0.25) is 9.78 Å². The summed E-state index contributed by atoms with van der Waals surface area (Å²) < 4.78 is 0. The Morgan fingerprint density at radius 3 is 2.53 bits per heavy atom. The zero-order chi connectivity index (χ0) is 13.0. The van der Waals surface area contributed by atoms with Crippen LogP contribution in [0.25, 0.3) is 0 Å². The Kier molecular flexibility index (Phi) is 4.20. The summed E-state index contributed by atoms with van der Waals surface area (Å²) in [6.07, 6.45) is 0.347. The molecule has 1 unspecified atom stereocenters. The van der Waals surface area contributed by atoms with E-state index in [9.17, 15) is 9.59 Å². The SMILES string of the molecule is CCC(NC(=O)c1ccc(C)nc1C)C(=O)O. The maximum Gasteiger partial charge on any atom is 0.326 e. The second-order valence-corrected chi connectivity index (χ2v) is 3.86. The summed E-state index contributed by atoms with van der Waals surface area (Å²) in [6.45, 7) is 5.27.